The van der Waals surface area contributed by atoms with Crippen molar-refractivity contribution in [3.8, 4) is 22.9 Å². The van der Waals surface area contributed by atoms with E-state index < -0.39 is 0 Å². The van der Waals surface area contributed by atoms with Gasteiger partial charge in [-0.3, -0.25) is 4.99 Å². The maximum absolute atomic E-state index is 6.08. The van der Waals surface area contributed by atoms with Crippen LogP contribution in [0.5, 0.6) is 5.75 Å². The number of para-hydroxylation sites is 2. The van der Waals surface area contributed by atoms with Crippen LogP contribution < -0.4 is 4.74 Å². The van der Waals surface area contributed by atoms with Gasteiger partial charge in [-0.15, -0.1) is 0 Å². The second-order valence-electron chi connectivity index (χ2n) is 6.82. The summed E-state index contributed by atoms with van der Waals surface area (Å²) in [6.07, 6.45) is 3.77. The first kappa shape index (κ1) is 17.9. The van der Waals surface area contributed by atoms with Crippen LogP contribution in [0.25, 0.3) is 28.1 Å². The van der Waals surface area contributed by atoms with E-state index >= 15 is 0 Å². The van der Waals surface area contributed by atoms with Crippen LogP contribution in [-0.2, 0) is 0 Å². The van der Waals surface area contributed by atoms with E-state index in [2.05, 4.69) is 4.99 Å². The second kappa shape index (κ2) is 7.72. The van der Waals surface area contributed by atoms with Crippen molar-refractivity contribution < 1.29 is 9.15 Å². The van der Waals surface area contributed by atoms with E-state index in [1.54, 1.807) is 7.11 Å². The number of methoxy groups -OCH3 is 1. The Labute approximate surface area is 173 Å². The van der Waals surface area contributed by atoms with E-state index in [4.69, 9.17) is 14.3 Å². The molecule has 0 aliphatic heterocycles. The van der Waals surface area contributed by atoms with Crippen LogP contribution in [0, 0.1) is 0 Å². The van der Waals surface area contributed by atoms with E-state index in [1.807, 2.05) is 102 Å². The Morgan fingerprint density at radius 1 is 0.933 bits per heavy atom. The molecule has 0 bridgehead atoms. The van der Waals surface area contributed by atoms with Gasteiger partial charge in [-0.1, -0.05) is 42.5 Å². The minimum absolute atomic E-state index is 0.706. The Morgan fingerprint density at radius 2 is 1.77 bits per heavy atom. The fourth-order valence-electron chi connectivity index (χ4n) is 3.32. The lowest BCUT2D eigenvalue weighted by Gasteiger charge is -1.99. The number of fused-ring (bicyclic) bond motifs is 1. The van der Waals surface area contributed by atoms with Gasteiger partial charge >= 0.3 is 0 Å². The summed E-state index contributed by atoms with van der Waals surface area (Å²) in [4.78, 5) is 4.63. The molecule has 0 saturated heterocycles. The molecule has 0 atom stereocenters. The molecule has 0 amide bonds. The molecular formula is C25H19N3O2. The van der Waals surface area contributed by atoms with E-state index in [0.717, 1.165) is 39.4 Å². The largest absolute Gasteiger partial charge is 0.497 e. The molecule has 3 aromatic carbocycles. The fourth-order valence-corrected chi connectivity index (χ4v) is 3.32. The predicted molar refractivity (Wildman–Crippen MR) is 119 cm³/mol. The third-order valence-electron chi connectivity index (χ3n) is 4.83. The van der Waals surface area contributed by atoms with Gasteiger partial charge in [-0.2, -0.15) is 5.10 Å². The number of rotatable bonds is 5. The minimum atomic E-state index is 0.706. The predicted octanol–water partition coefficient (Wildman–Crippen LogP) is 6.04. The smallest absolute Gasteiger partial charge is 0.156 e. The number of furan rings is 1. The molecule has 0 radical (unpaired) electrons. The van der Waals surface area contributed by atoms with Gasteiger partial charge in [0.05, 0.1) is 18.5 Å². The Balaban J connectivity index is 1.60. The molecule has 2 heterocycles. The van der Waals surface area contributed by atoms with Gasteiger partial charge in [0.2, 0.25) is 0 Å². The molecule has 5 heteroatoms. The first-order chi connectivity index (χ1) is 14.8. The first-order valence-corrected chi connectivity index (χ1v) is 9.62. The van der Waals surface area contributed by atoms with Crippen molar-refractivity contribution in [1.29, 1.82) is 0 Å². The van der Waals surface area contributed by atoms with Crippen molar-refractivity contribution in [3.63, 3.8) is 0 Å². The van der Waals surface area contributed by atoms with Crippen molar-refractivity contribution in [2.75, 3.05) is 7.11 Å². The van der Waals surface area contributed by atoms with Gasteiger partial charge in [0.1, 0.15) is 17.0 Å². The van der Waals surface area contributed by atoms with Gasteiger partial charge in [0.25, 0.3) is 0 Å². The van der Waals surface area contributed by atoms with Gasteiger partial charge < -0.3 is 9.15 Å². The van der Waals surface area contributed by atoms with Gasteiger partial charge in [0.15, 0.2) is 5.76 Å². The highest BCUT2D eigenvalue weighted by Gasteiger charge is 2.15. The monoisotopic (exact) mass is 393 g/mol. The lowest BCUT2D eigenvalue weighted by atomic mass is 10.2. The highest BCUT2D eigenvalue weighted by atomic mass is 16.5. The molecule has 5 aromatic rings. The van der Waals surface area contributed by atoms with Crippen LogP contribution in [0.1, 0.15) is 5.56 Å². The molecule has 0 spiro atoms. The summed E-state index contributed by atoms with van der Waals surface area (Å²) in [5.74, 6) is 1.47. The zero-order valence-electron chi connectivity index (χ0n) is 16.4. The molecule has 0 N–H and O–H groups in total. The fraction of sp³-hybridized carbons (Fsp3) is 0.0400. The van der Waals surface area contributed by atoms with Crippen molar-refractivity contribution in [2.45, 2.75) is 0 Å². The van der Waals surface area contributed by atoms with Gasteiger partial charge in [-0.05, 0) is 36.4 Å². The highest BCUT2D eigenvalue weighted by Crippen LogP contribution is 2.29. The molecule has 5 rings (SSSR count). The average molecular weight is 393 g/mol. The number of hydrogen-bond acceptors (Lipinski definition) is 4. The van der Waals surface area contributed by atoms with E-state index in [1.165, 1.54) is 0 Å². The molecule has 5 nitrogen and oxygen atoms in total. The number of hydrogen-bond donors (Lipinski definition) is 0. The highest BCUT2D eigenvalue weighted by molar-refractivity contribution is 5.91. The molecule has 2 aromatic heterocycles. The number of aliphatic imine (C=N–C) groups is 1. The van der Waals surface area contributed by atoms with Crippen molar-refractivity contribution in [3.05, 3.63) is 96.7 Å². The van der Waals surface area contributed by atoms with Crippen LogP contribution in [0.15, 0.2) is 101 Å². The Bertz CT molecular complexity index is 1300. The molecule has 0 fully saturated rings. The third kappa shape index (κ3) is 3.49. The standard InChI is InChI=1S/C25H19N3O2/c1-29-22-12-7-9-20(15-22)26-16-19-17-28(21-10-3-2-4-11-21)27-25(19)24-14-18-8-5-6-13-23(18)30-24/h2-17H,1H3. The van der Waals surface area contributed by atoms with Crippen molar-refractivity contribution >= 4 is 22.9 Å². The molecule has 0 aliphatic carbocycles. The summed E-state index contributed by atoms with van der Waals surface area (Å²) in [5.41, 5.74) is 4.20. The SMILES string of the molecule is COc1cccc(N=Cc2cn(-c3ccccc3)nc2-c2cc3ccccc3o2)c1. The maximum Gasteiger partial charge on any atom is 0.156 e. The minimum Gasteiger partial charge on any atom is -0.497 e. The Hall–Kier alpha value is -4.12. The van der Waals surface area contributed by atoms with Crippen molar-refractivity contribution in [1.82, 2.24) is 9.78 Å². The lowest BCUT2D eigenvalue weighted by molar-refractivity contribution is 0.415. The van der Waals surface area contributed by atoms with Crippen LogP contribution in [0.3, 0.4) is 0 Å². The molecular weight excluding hydrogens is 374 g/mol. The van der Waals surface area contributed by atoms with Crippen LogP contribution in [0.2, 0.25) is 0 Å². The zero-order valence-corrected chi connectivity index (χ0v) is 16.4. The summed E-state index contributed by atoms with van der Waals surface area (Å²) in [6.45, 7) is 0. The summed E-state index contributed by atoms with van der Waals surface area (Å²) in [7, 11) is 1.65. The number of ether oxygens (including phenoxy) is 1. The summed E-state index contributed by atoms with van der Waals surface area (Å²) >= 11 is 0. The molecule has 30 heavy (non-hydrogen) atoms. The summed E-state index contributed by atoms with van der Waals surface area (Å²) in [5, 5.41) is 5.84. The quantitative estimate of drug-likeness (QED) is 0.342. The van der Waals surface area contributed by atoms with E-state index in [9.17, 15) is 0 Å². The third-order valence-corrected chi connectivity index (χ3v) is 4.83. The maximum atomic E-state index is 6.08. The first-order valence-electron chi connectivity index (χ1n) is 9.62. The summed E-state index contributed by atoms with van der Waals surface area (Å²) < 4.78 is 13.2. The second-order valence-corrected chi connectivity index (χ2v) is 6.82. The van der Waals surface area contributed by atoms with Gasteiger partial charge in [0, 0.05) is 29.4 Å². The molecule has 0 aliphatic rings. The number of benzene rings is 3. The van der Waals surface area contributed by atoms with Crippen LogP contribution in [0.4, 0.5) is 5.69 Å². The molecule has 146 valence electrons. The van der Waals surface area contributed by atoms with Crippen LogP contribution >= 0.6 is 0 Å². The van der Waals surface area contributed by atoms with Crippen LogP contribution in [-0.4, -0.2) is 23.1 Å². The normalized spacial score (nSPS) is 11.4. The summed E-state index contributed by atoms with van der Waals surface area (Å²) in [6, 6.07) is 27.6. The van der Waals surface area contributed by atoms with E-state index in [0.29, 0.717) is 5.76 Å². The Morgan fingerprint density at radius 3 is 2.60 bits per heavy atom. The van der Waals surface area contributed by atoms with Crippen molar-refractivity contribution in [2.24, 2.45) is 4.99 Å². The lowest BCUT2D eigenvalue weighted by Crippen LogP contribution is -1.93. The number of nitrogens with zero attached hydrogens (tertiary/aromatic N) is 3. The topological polar surface area (TPSA) is 52.5 Å². The Kier molecular flexibility index (Phi) is 4.62. The van der Waals surface area contributed by atoms with E-state index in [-0.39, 0.29) is 0 Å². The zero-order chi connectivity index (χ0) is 20.3. The number of aromatic nitrogens is 2. The molecule has 0 saturated carbocycles. The van der Waals surface area contributed by atoms with Gasteiger partial charge in [-0.25, -0.2) is 4.68 Å². The molecule has 0 unspecified atom stereocenters. The average Bonchev–Trinajstić information content (AvgIpc) is 3.42.